The number of anilines is 1. The quantitative estimate of drug-likeness (QED) is 0.163. The lowest BCUT2D eigenvalue weighted by atomic mass is 9.62. The molecule has 4 nitrogen and oxygen atoms in total. The van der Waals surface area contributed by atoms with E-state index in [0.29, 0.717) is 35.6 Å². The fourth-order valence-corrected chi connectivity index (χ4v) is 13.1. The molecule has 66 heavy (non-hydrogen) atoms. The molecular weight excluding hydrogens is 801 g/mol. The van der Waals surface area contributed by atoms with Crippen LogP contribution in [0.15, 0.2) is 164 Å². The van der Waals surface area contributed by atoms with Crippen LogP contribution >= 0.6 is 0 Å². The highest BCUT2D eigenvalue weighted by molar-refractivity contribution is 6.17. The molecule has 3 aliphatic carbocycles. The Labute approximate surface area is 383 Å². The first-order valence-electron chi connectivity index (χ1n) is 24.0. The first kappa shape index (κ1) is 36.7. The fraction of sp³-hybridized carbons (Fsp3) is 0.161. The van der Waals surface area contributed by atoms with Crippen molar-refractivity contribution in [2.75, 3.05) is 5.32 Å². The topological polar surface area (TPSA) is 48.5 Å². The number of nitrogens with zero attached hydrogens (tertiary/aromatic N) is 1. The molecule has 0 spiro atoms. The van der Waals surface area contributed by atoms with Crippen LogP contribution in [-0.4, -0.2) is 20.6 Å². The Balaban J connectivity index is 0.955. The predicted octanol–water partition coefficient (Wildman–Crippen LogP) is 16.5. The zero-order valence-corrected chi connectivity index (χ0v) is 37.5. The third-order valence-corrected chi connectivity index (χ3v) is 16.8. The van der Waals surface area contributed by atoms with Gasteiger partial charge < -0.3 is 19.9 Å². The van der Waals surface area contributed by atoms with Crippen LogP contribution in [0.4, 0.5) is 5.69 Å². The maximum atomic E-state index is 4.04. The molecule has 3 N–H and O–H groups in total. The molecule has 1 aliphatic heterocycles. The molecule has 0 saturated carbocycles. The summed E-state index contributed by atoms with van der Waals surface area (Å²) in [6, 6.07) is 53.4. The van der Waals surface area contributed by atoms with E-state index >= 15 is 0 Å². The number of aromatic nitrogens is 3. The number of benzene rings is 8. The third kappa shape index (κ3) is 4.78. The maximum Gasteiger partial charge on any atom is 0.0582 e. The number of allylic oxidation sites excluding steroid dienone is 2. The van der Waals surface area contributed by atoms with Crippen LogP contribution in [0.2, 0.25) is 0 Å². The van der Waals surface area contributed by atoms with Gasteiger partial charge in [0.25, 0.3) is 0 Å². The van der Waals surface area contributed by atoms with E-state index in [9.17, 15) is 0 Å². The number of H-pyrrole nitrogens is 2. The van der Waals surface area contributed by atoms with E-state index in [0.717, 1.165) is 0 Å². The second-order valence-electron chi connectivity index (χ2n) is 20.0. The van der Waals surface area contributed by atoms with Gasteiger partial charge in [0.1, 0.15) is 0 Å². The monoisotopic (exact) mass is 848 g/mol. The van der Waals surface area contributed by atoms with Gasteiger partial charge in [-0.1, -0.05) is 113 Å². The van der Waals surface area contributed by atoms with Crippen molar-refractivity contribution < 1.29 is 0 Å². The zero-order valence-electron chi connectivity index (χ0n) is 37.5. The first-order chi connectivity index (χ1) is 32.4. The molecule has 0 amide bonds. The summed E-state index contributed by atoms with van der Waals surface area (Å²) in [5.41, 5.74) is 25.3. The van der Waals surface area contributed by atoms with Gasteiger partial charge in [0.15, 0.2) is 0 Å². The van der Waals surface area contributed by atoms with Crippen LogP contribution in [0, 0.1) is 0 Å². The first-order valence-corrected chi connectivity index (χ1v) is 24.0. The Morgan fingerprint density at radius 1 is 0.439 bits per heavy atom. The number of aromatic amines is 2. The predicted molar refractivity (Wildman–Crippen MR) is 278 cm³/mol. The summed E-state index contributed by atoms with van der Waals surface area (Å²) in [6.45, 7) is 9.96. The molecule has 6 atom stereocenters. The standard InChI is InChI=1S/C62H48N4/c1-32-34(3)57-59-43(30-49-47-28-38(20-24-55(47)65-61(49)57)36-18-22-53-45(26-36)41-14-8-10-16-51(41)63-53)33(2)35(4)58-60(59)44(32)31-50-48-29-39(21-25-56(48)66(62(50)58)40-12-6-5-7-13-40)37-19-23-54-46(27-37)42-15-9-11-17-52(42)64-54/h5-35,42,52,63-65H,1-4H3. The van der Waals surface area contributed by atoms with Gasteiger partial charge in [-0.15, -0.1) is 0 Å². The Bertz CT molecular complexity index is 4000. The Hall–Kier alpha value is -7.56. The molecule has 4 heteroatoms. The molecule has 0 saturated heterocycles. The Morgan fingerprint density at radius 2 is 1.05 bits per heavy atom. The second-order valence-corrected chi connectivity index (χ2v) is 20.0. The molecule has 0 bridgehead atoms. The number of para-hydroxylation sites is 2. The van der Waals surface area contributed by atoms with E-state index in [2.05, 4.69) is 211 Å². The van der Waals surface area contributed by atoms with Gasteiger partial charge in [-0.2, -0.15) is 0 Å². The smallest absolute Gasteiger partial charge is 0.0582 e. The van der Waals surface area contributed by atoms with Gasteiger partial charge in [-0.3, -0.25) is 0 Å². The normalized spacial score (nSPS) is 21.3. The van der Waals surface area contributed by atoms with Crippen LogP contribution in [-0.2, 0) is 0 Å². The lowest BCUT2D eigenvalue weighted by Crippen LogP contribution is -2.23. The average Bonchev–Trinajstić information content (AvgIpc) is 4.12. The van der Waals surface area contributed by atoms with Crippen LogP contribution in [0.25, 0.3) is 104 Å². The Kier molecular flexibility index (Phi) is 7.26. The summed E-state index contributed by atoms with van der Waals surface area (Å²) in [4.78, 5) is 7.65. The van der Waals surface area contributed by atoms with Crippen molar-refractivity contribution in [2.45, 2.75) is 63.3 Å². The number of hydrogen-bond acceptors (Lipinski definition) is 1. The maximum absolute atomic E-state index is 4.04. The summed E-state index contributed by atoms with van der Waals surface area (Å²) in [7, 11) is 0. The third-order valence-electron chi connectivity index (χ3n) is 16.8. The van der Waals surface area contributed by atoms with Gasteiger partial charge in [0.05, 0.1) is 22.6 Å². The Morgan fingerprint density at radius 3 is 1.85 bits per heavy atom. The minimum atomic E-state index is 0.297. The molecule has 0 radical (unpaired) electrons. The molecule has 6 unspecified atom stereocenters. The minimum Gasteiger partial charge on any atom is -0.378 e. The summed E-state index contributed by atoms with van der Waals surface area (Å²) in [5, 5.41) is 11.6. The SMILES string of the molecule is CC1c2cc3c4cc(-c5ccc6c(c5)C5C=CC=CC5N6)ccc4n(-c4ccccc4)c3c3c2-c2c(cc4c([nH]c5ccc(-c6ccc7[nH]c8ccccc8c7c6)cc54)c2C1C)C(C)C3C. The van der Waals surface area contributed by atoms with Crippen molar-refractivity contribution in [1.82, 2.24) is 14.5 Å². The summed E-state index contributed by atoms with van der Waals surface area (Å²) >= 11 is 0. The van der Waals surface area contributed by atoms with Crippen LogP contribution < -0.4 is 5.32 Å². The number of rotatable bonds is 3. The van der Waals surface area contributed by atoms with Crippen molar-refractivity contribution in [3.63, 3.8) is 0 Å². The van der Waals surface area contributed by atoms with Crippen molar-refractivity contribution in [3.05, 3.63) is 192 Å². The van der Waals surface area contributed by atoms with Crippen LogP contribution in [0.3, 0.4) is 0 Å². The molecule has 3 aromatic heterocycles. The minimum absolute atomic E-state index is 0.297. The van der Waals surface area contributed by atoms with Crippen LogP contribution in [0.5, 0.6) is 0 Å². The molecule has 15 rings (SSSR count). The summed E-state index contributed by atoms with van der Waals surface area (Å²) < 4.78 is 2.59. The molecule has 0 fully saturated rings. The summed E-state index contributed by atoms with van der Waals surface area (Å²) in [6.07, 6.45) is 8.99. The molecule has 316 valence electrons. The highest BCUT2D eigenvalue weighted by Gasteiger charge is 2.42. The highest BCUT2D eigenvalue weighted by Crippen LogP contribution is 2.61. The van der Waals surface area contributed by atoms with Gasteiger partial charge in [0.2, 0.25) is 0 Å². The van der Waals surface area contributed by atoms with E-state index in [1.165, 1.54) is 138 Å². The largest absolute Gasteiger partial charge is 0.378 e. The molecule has 4 aliphatic rings. The lowest BCUT2D eigenvalue weighted by molar-refractivity contribution is 0.585. The zero-order chi connectivity index (χ0) is 43.7. The van der Waals surface area contributed by atoms with Crippen LogP contribution in [0.1, 0.15) is 85.1 Å². The number of nitrogens with one attached hydrogen (secondary N) is 3. The fourth-order valence-electron chi connectivity index (χ4n) is 13.1. The number of hydrogen-bond donors (Lipinski definition) is 3. The molecule has 11 aromatic rings. The van der Waals surface area contributed by atoms with E-state index in [1.807, 2.05) is 0 Å². The molecule has 4 heterocycles. The van der Waals surface area contributed by atoms with Crippen molar-refractivity contribution in [1.29, 1.82) is 0 Å². The van der Waals surface area contributed by atoms with Crippen molar-refractivity contribution in [3.8, 4) is 39.1 Å². The van der Waals surface area contributed by atoms with E-state index < -0.39 is 0 Å². The van der Waals surface area contributed by atoms with Crippen molar-refractivity contribution >= 4 is 71.1 Å². The lowest BCUT2D eigenvalue weighted by Gasteiger charge is -2.41. The average molecular weight is 849 g/mol. The van der Waals surface area contributed by atoms with Crippen molar-refractivity contribution in [2.24, 2.45) is 0 Å². The highest BCUT2D eigenvalue weighted by atomic mass is 15.0. The van der Waals surface area contributed by atoms with Gasteiger partial charge in [-0.25, -0.2) is 0 Å². The van der Waals surface area contributed by atoms with E-state index in [-0.39, 0.29) is 0 Å². The van der Waals surface area contributed by atoms with E-state index in [1.54, 1.807) is 0 Å². The number of fused-ring (bicyclic) bond motifs is 14. The second kappa shape index (κ2) is 13.0. The van der Waals surface area contributed by atoms with Gasteiger partial charge in [-0.05, 0) is 164 Å². The van der Waals surface area contributed by atoms with Gasteiger partial charge >= 0.3 is 0 Å². The van der Waals surface area contributed by atoms with E-state index in [4.69, 9.17) is 0 Å². The van der Waals surface area contributed by atoms with Gasteiger partial charge in [0, 0.05) is 66.2 Å². The molecule has 8 aromatic carbocycles. The summed E-state index contributed by atoms with van der Waals surface area (Å²) in [5.74, 6) is 1.63. The molecular formula is C62H48N4.